The fourth-order valence-corrected chi connectivity index (χ4v) is 5.38. The van der Waals surface area contributed by atoms with Crippen molar-refractivity contribution in [3.05, 3.63) is 0 Å². The normalized spacial score (nSPS) is 28.1. The third-order valence-electron chi connectivity index (χ3n) is 7.35. The Morgan fingerprint density at radius 3 is 2.37 bits per heavy atom. The summed E-state index contributed by atoms with van der Waals surface area (Å²) in [6.45, 7) is 15.2. The standard InChI is InChI=1S/C21H39N5O2.2ClH/c1-2-23-13-15-24(16-14-23)9-4-10-26-18-21(28-20(26)27)6-11-25(12-7-21)19-5-3-8-22-17-19;;/h19,22H,2-18H2,1H3;2*1H. The van der Waals surface area contributed by atoms with Crippen molar-refractivity contribution in [3.63, 3.8) is 0 Å². The molecular weight excluding hydrogens is 425 g/mol. The van der Waals surface area contributed by atoms with Crippen molar-refractivity contribution in [1.29, 1.82) is 0 Å². The summed E-state index contributed by atoms with van der Waals surface area (Å²) in [5.41, 5.74) is -0.220. The van der Waals surface area contributed by atoms with Crippen LogP contribution in [-0.2, 0) is 4.74 Å². The smallest absolute Gasteiger partial charge is 0.410 e. The van der Waals surface area contributed by atoms with E-state index in [1.165, 1.54) is 25.9 Å². The number of nitrogens with one attached hydrogen (secondary N) is 1. The van der Waals surface area contributed by atoms with Crippen LogP contribution in [0.15, 0.2) is 0 Å². The van der Waals surface area contributed by atoms with Gasteiger partial charge in [-0.3, -0.25) is 4.90 Å². The van der Waals surface area contributed by atoms with Gasteiger partial charge in [-0.25, -0.2) is 4.79 Å². The number of halogens is 2. The number of likely N-dealkylation sites (N-methyl/N-ethyl adjacent to an activating group) is 1. The van der Waals surface area contributed by atoms with Gasteiger partial charge < -0.3 is 24.8 Å². The second-order valence-corrected chi connectivity index (χ2v) is 9.14. The van der Waals surface area contributed by atoms with Gasteiger partial charge in [0.15, 0.2) is 0 Å². The van der Waals surface area contributed by atoms with Crippen LogP contribution < -0.4 is 5.32 Å². The third-order valence-corrected chi connectivity index (χ3v) is 7.35. The molecule has 30 heavy (non-hydrogen) atoms. The van der Waals surface area contributed by atoms with Gasteiger partial charge in [-0.2, -0.15) is 0 Å². The number of carbonyl (C=O) groups excluding carboxylic acids is 1. The predicted octanol–water partition coefficient (Wildman–Crippen LogP) is 1.90. The molecule has 4 aliphatic heterocycles. The number of likely N-dealkylation sites (tertiary alicyclic amines) is 1. The molecule has 1 atom stereocenters. The minimum Gasteiger partial charge on any atom is -0.441 e. The van der Waals surface area contributed by atoms with Crippen LogP contribution in [0, 0.1) is 0 Å². The summed E-state index contributed by atoms with van der Waals surface area (Å²) in [6.07, 6.45) is 5.54. The van der Waals surface area contributed by atoms with E-state index >= 15 is 0 Å². The highest BCUT2D eigenvalue weighted by molar-refractivity contribution is 5.85. The van der Waals surface area contributed by atoms with Crippen LogP contribution in [0.5, 0.6) is 0 Å². The lowest BCUT2D eigenvalue weighted by Crippen LogP contribution is -2.53. The molecule has 4 rings (SSSR count). The number of amides is 1. The lowest BCUT2D eigenvalue weighted by molar-refractivity contribution is -0.0127. The number of piperidine rings is 2. The first-order valence-electron chi connectivity index (χ1n) is 11.5. The molecule has 1 unspecified atom stereocenters. The first-order chi connectivity index (χ1) is 13.7. The second-order valence-electron chi connectivity index (χ2n) is 9.14. The zero-order valence-electron chi connectivity index (χ0n) is 18.5. The molecule has 176 valence electrons. The molecule has 1 N–H and O–H groups in total. The SMILES string of the molecule is CCN1CCN(CCCN2CC3(CCN(C4CCCNC4)CC3)OC2=O)CC1.Cl.Cl. The van der Waals surface area contributed by atoms with E-state index in [0.717, 1.165) is 84.7 Å². The van der Waals surface area contributed by atoms with Gasteiger partial charge in [-0.15, -0.1) is 24.8 Å². The van der Waals surface area contributed by atoms with E-state index in [1.807, 2.05) is 4.90 Å². The van der Waals surface area contributed by atoms with Gasteiger partial charge in [0.05, 0.1) is 6.54 Å². The maximum Gasteiger partial charge on any atom is 0.410 e. The van der Waals surface area contributed by atoms with E-state index < -0.39 is 0 Å². The number of hydrogen-bond acceptors (Lipinski definition) is 6. The van der Waals surface area contributed by atoms with E-state index in [2.05, 4.69) is 26.9 Å². The van der Waals surface area contributed by atoms with E-state index in [1.54, 1.807) is 0 Å². The molecule has 0 bridgehead atoms. The maximum absolute atomic E-state index is 12.5. The molecule has 0 aliphatic carbocycles. The Morgan fingerprint density at radius 1 is 1.03 bits per heavy atom. The molecule has 0 radical (unpaired) electrons. The maximum atomic E-state index is 12.5. The lowest BCUT2D eigenvalue weighted by Gasteiger charge is -2.42. The Hall–Kier alpha value is -0.310. The van der Waals surface area contributed by atoms with Crippen molar-refractivity contribution in [2.45, 2.75) is 50.7 Å². The van der Waals surface area contributed by atoms with Crippen LogP contribution in [0.4, 0.5) is 4.79 Å². The molecule has 0 saturated carbocycles. The van der Waals surface area contributed by atoms with Crippen molar-refractivity contribution < 1.29 is 9.53 Å². The van der Waals surface area contributed by atoms with Crippen molar-refractivity contribution in [2.75, 3.05) is 78.5 Å². The minimum atomic E-state index is -0.220. The summed E-state index contributed by atoms with van der Waals surface area (Å²) in [5, 5.41) is 3.52. The predicted molar refractivity (Wildman–Crippen MR) is 125 cm³/mol. The van der Waals surface area contributed by atoms with Gasteiger partial charge >= 0.3 is 6.09 Å². The van der Waals surface area contributed by atoms with Crippen LogP contribution in [0.2, 0.25) is 0 Å². The van der Waals surface area contributed by atoms with Crippen LogP contribution in [0.25, 0.3) is 0 Å². The van der Waals surface area contributed by atoms with E-state index in [-0.39, 0.29) is 36.5 Å². The zero-order chi connectivity index (χ0) is 19.4. The van der Waals surface area contributed by atoms with Gasteiger partial charge in [0.1, 0.15) is 5.60 Å². The van der Waals surface area contributed by atoms with Gasteiger partial charge in [0, 0.05) is 71.2 Å². The number of carbonyl (C=O) groups is 1. The van der Waals surface area contributed by atoms with Crippen LogP contribution in [-0.4, -0.2) is 116 Å². The molecule has 7 nitrogen and oxygen atoms in total. The number of rotatable bonds is 6. The molecule has 0 aromatic carbocycles. The highest BCUT2D eigenvalue weighted by Gasteiger charge is 2.47. The van der Waals surface area contributed by atoms with Gasteiger partial charge in [0.2, 0.25) is 0 Å². The minimum absolute atomic E-state index is 0. The summed E-state index contributed by atoms with van der Waals surface area (Å²) >= 11 is 0. The van der Waals surface area contributed by atoms with Gasteiger partial charge in [-0.1, -0.05) is 6.92 Å². The largest absolute Gasteiger partial charge is 0.441 e. The third kappa shape index (κ3) is 6.36. The first-order valence-corrected chi connectivity index (χ1v) is 11.5. The first kappa shape index (κ1) is 25.9. The van der Waals surface area contributed by atoms with Crippen LogP contribution >= 0.6 is 24.8 Å². The van der Waals surface area contributed by atoms with Gasteiger partial charge in [-0.05, 0) is 38.9 Å². The van der Waals surface area contributed by atoms with Crippen molar-refractivity contribution in [3.8, 4) is 0 Å². The highest BCUT2D eigenvalue weighted by atomic mass is 35.5. The zero-order valence-corrected chi connectivity index (χ0v) is 20.2. The van der Waals surface area contributed by atoms with Crippen LogP contribution in [0.3, 0.4) is 0 Å². The Kier molecular flexibility index (Phi) is 10.4. The molecule has 4 aliphatic rings. The number of nitrogens with zero attached hydrogens (tertiary/aromatic N) is 4. The Labute approximate surface area is 194 Å². The summed E-state index contributed by atoms with van der Waals surface area (Å²) in [6, 6.07) is 0.674. The van der Waals surface area contributed by atoms with Crippen molar-refractivity contribution in [1.82, 2.24) is 24.9 Å². The number of hydrogen-bond donors (Lipinski definition) is 1. The highest BCUT2D eigenvalue weighted by Crippen LogP contribution is 2.34. The average molecular weight is 466 g/mol. The van der Waals surface area contributed by atoms with E-state index in [9.17, 15) is 4.79 Å². The second kappa shape index (κ2) is 12.1. The van der Waals surface area contributed by atoms with E-state index in [0.29, 0.717) is 6.04 Å². The molecule has 0 aromatic heterocycles. The topological polar surface area (TPSA) is 51.3 Å². The summed E-state index contributed by atoms with van der Waals surface area (Å²) in [4.78, 5) is 22.1. The molecular formula is C21H41Cl2N5O2. The summed E-state index contributed by atoms with van der Waals surface area (Å²) < 4.78 is 5.93. The Balaban J connectivity index is 0.00000160. The lowest BCUT2D eigenvalue weighted by atomic mass is 9.89. The van der Waals surface area contributed by atoms with Crippen LogP contribution in [0.1, 0.15) is 39.0 Å². The molecule has 1 spiro atoms. The molecule has 4 heterocycles. The fraction of sp³-hybridized carbons (Fsp3) is 0.952. The molecule has 9 heteroatoms. The van der Waals surface area contributed by atoms with E-state index in [4.69, 9.17) is 4.74 Å². The molecule has 1 amide bonds. The quantitative estimate of drug-likeness (QED) is 0.646. The number of ether oxygens (including phenoxy) is 1. The number of piperazine rings is 1. The average Bonchev–Trinajstić information content (AvgIpc) is 3.04. The summed E-state index contributed by atoms with van der Waals surface area (Å²) in [7, 11) is 0. The monoisotopic (exact) mass is 465 g/mol. The van der Waals surface area contributed by atoms with Crippen molar-refractivity contribution >= 4 is 30.9 Å². The van der Waals surface area contributed by atoms with Gasteiger partial charge in [0.25, 0.3) is 0 Å². The molecule has 4 saturated heterocycles. The van der Waals surface area contributed by atoms with Crippen molar-refractivity contribution in [2.24, 2.45) is 0 Å². The fourth-order valence-electron chi connectivity index (χ4n) is 5.38. The Bertz CT molecular complexity index is 520. The summed E-state index contributed by atoms with van der Waals surface area (Å²) in [5.74, 6) is 0. The molecule has 0 aromatic rings. The Morgan fingerprint density at radius 2 is 1.73 bits per heavy atom. The molecule has 4 fully saturated rings.